The average molecular weight is 355 g/mol. The summed E-state index contributed by atoms with van der Waals surface area (Å²) in [6.07, 6.45) is 1.47. The first-order valence-electron chi connectivity index (χ1n) is 5.94. The molecule has 18 heavy (non-hydrogen) atoms. The average Bonchev–Trinajstić information content (AvgIpc) is 2.36. The van der Waals surface area contributed by atoms with E-state index in [1.165, 1.54) is 6.08 Å². The van der Waals surface area contributed by atoms with Crippen molar-refractivity contribution in [1.82, 2.24) is 4.90 Å². The molecule has 0 radical (unpaired) electrons. The Hall–Kier alpha value is -1.17. The van der Waals surface area contributed by atoms with E-state index in [0.717, 1.165) is 16.7 Å². The summed E-state index contributed by atoms with van der Waals surface area (Å²) in [4.78, 5) is 26.5. The smallest absolute Gasteiger partial charge is 0.210 e. The Morgan fingerprint density at radius 3 is 2.44 bits per heavy atom. The molecule has 0 N–H and O–H groups in total. The van der Waals surface area contributed by atoms with E-state index in [2.05, 4.69) is 22.6 Å². The number of nitrogens with zero attached hydrogens (tertiary/aromatic N) is 1. The Balaban J connectivity index is 2.55. The molecule has 0 fully saturated rings. The number of Topliss-reactive ketones (excluding diaryl/α,β-unsaturated/α-hetero) is 1. The topological polar surface area (TPSA) is 37.4 Å². The van der Waals surface area contributed by atoms with Crippen LogP contribution in [-0.2, 0) is 0 Å². The molecule has 1 aromatic carbocycles. The van der Waals surface area contributed by atoms with Crippen molar-refractivity contribution in [2.75, 3.05) is 13.1 Å². The minimum atomic E-state index is -0.0787. The maximum absolute atomic E-state index is 12.5. The second-order valence-electron chi connectivity index (χ2n) is 4.06. The Morgan fingerprint density at radius 2 is 1.83 bits per heavy atom. The number of carbonyl (C=O) groups is 2. The Kier molecular flexibility index (Phi) is 3.85. The molecule has 0 aromatic heterocycles. The molecule has 4 heteroatoms. The molecule has 1 aliphatic carbocycles. The van der Waals surface area contributed by atoms with Crippen LogP contribution in [0.2, 0.25) is 0 Å². The summed E-state index contributed by atoms with van der Waals surface area (Å²) in [5.41, 5.74) is 1.58. The van der Waals surface area contributed by atoms with Crippen molar-refractivity contribution >= 4 is 34.2 Å². The molecule has 0 saturated heterocycles. The molecule has 0 aliphatic heterocycles. The predicted octanol–water partition coefficient (Wildman–Crippen LogP) is 2.90. The summed E-state index contributed by atoms with van der Waals surface area (Å²) in [6.45, 7) is 5.40. The molecule has 0 atom stereocenters. The summed E-state index contributed by atoms with van der Waals surface area (Å²) in [5.74, 6) is -0.122. The van der Waals surface area contributed by atoms with E-state index < -0.39 is 0 Å². The first kappa shape index (κ1) is 13.3. The normalized spacial score (nSPS) is 14.3. The highest BCUT2D eigenvalue weighted by Gasteiger charge is 2.29. The highest BCUT2D eigenvalue weighted by atomic mass is 127. The Labute approximate surface area is 120 Å². The van der Waals surface area contributed by atoms with Gasteiger partial charge in [-0.1, -0.05) is 12.1 Å². The number of hydrogen-bond acceptors (Lipinski definition) is 3. The van der Waals surface area contributed by atoms with Gasteiger partial charge in [0.05, 0.1) is 5.70 Å². The summed E-state index contributed by atoms with van der Waals surface area (Å²) in [5, 5.41) is 0. The van der Waals surface area contributed by atoms with Crippen LogP contribution in [-0.4, -0.2) is 29.6 Å². The third-order valence-electron chi connectivity index (χ3n) is 3.11. The molecule has 1 aromatic rings. The van der Waals surface area contributed by atoms with E-state index in [0.29, 0.717) is 16.8 Å². The van der Waals surface area contributed by atoms with Crippen molar-refractivity contribution in [3.8, 4) is 0 Å². The molecule has 1 aliphatic rings. The number of fused-ring (bicyclic) bond motifs is 1. The highest BCUT2D eigenvalue weighted by Crippen LogP contribution is 2.27. The summed E-state index contributed by atoms with van der Waals surface area (Å²) in [6, 6.07) is 5.38. The molecule has 0 heterocycles. The van der Waals surface area contributed by atoms with E-state index in [1.807, 2.05) is 30.9 Å². The number of benzene rings is 1. The first-order valence-corrected chi connectivity index (χ1v) is 7.02. The van der Waals surface area contributed by atoms with E-state index >= 15 is 0 Å². The van der Waals surface area contributed by atoms with Gasteiger partial charge >= 0.3 is 0 Å². The van der Waals surface area contributed by atoms with E-state index in [4.69, 9.17) is 0 Å². The Bertz CT molecular complexity index is 545. The summed E-state index contributed by atoms with van der Waals surface area (Å²) < 4.78 is 0.834. The lowest BCUT2D eigenvalue weighted by Gasteiger charge is -2.26. The van der Waals surface area contributed by atoms with Gasteiger partial charge in [0.25, 0.3) is 0 Å². The first-order chi connectivity index (χ1) is 8.60. The molecule has 2 rings (SSSR count). The van der Waals surface area contributed by atoms with Gasteiger partial charge in [-0.2, -0.15) is 0 Å². The maximum atomic E-state index is 12.5. The van der Waals surface area contributed by atoms with Crippen LogP contribution in [0.5, 0.6) is 0 Å². The van der Waals surface area contributed by atoms with Gasteiger partial charge in [0, 0.05) is 33.9 Å². The fourth-order valence-corrected chi connectivity index (χ4v) is 2.90. The molecule has 3 nitrogen and oxygen atoms in total. The van der Waals surface area contributed by atoms with Crippen LogP contribution in [0.4, 0.5) is 0 Å². The molecular weight excluding hydrogens is 341 g/mol. The third kappa shape index (κ3) is 2.09. The van der Waals surface area contributed by atoms with Crippen molar-refractivity contribution < 1.29 is 9.59 Å². The fourth-order valence-electron chi connectivity index (χ4n) is 2.15. The van der Waals surface area contributed by atoms with Crippen LogP contribution < -0.4 is 0 Å². The molecular formula is C14H14INO2. The number of hydrogen-bond donors (Lipinski definition) is 0. The summed E-state index contributed by atoms with van der Waals surface area (Å²) >= 11 is 2.11. The number of ketones is 2. The van der Waals surface area contributed by atoms with Gasteiger partial charge < -0.3 is 4.90 Å². The van der Waals surface area contributed by atoms with Crippen LogP contribution in [0.25, 0.3) is 0 Å². The molecule has 0 amide bonds. The molecule has 0 saturated carbocycles. The zero-order chi connectivity index (χ0) is 13.3. The number of likely N-dealkylation sites (N-methyl/N-ethyl adjacent to an activating group) is 1. The van der Waals surface area contributed by atoms with Gasteiger partial charge in [-0.15, -0.1) is 0 Å². The van der Waals surface area contributed by atoms with E-state index in [-0.39, 0.29) is 11.6 Å². The van der Waals surface area contributed by atoms with Crippen molar-refractivity contribution in [3.63, 3.8) is 0 Å². The molecule has 0 spiro atoms. The van der Waals surface area contributed by atoms with Gasteiger partial charge in [-0.05, 0) is 42.5 Å². The van der Waals surface area contributed by atoms with Crippen LogP contribution in [0.15, 0.2) is 30.0 Å². The van der Waals surface area contributed by atoms with Gasteiger partial charge in [0.1, 0.15) is 0 Å². The lowest BCUT2D eigenvalue weighted by Crippen LogP contribution is -2.31. The van der Waals surface area contributed by atoms with Crippen LogP contribution in [0.1, 0.15) is 34.6 Å². The van der Waals surface area contributed by atoms with Crippen LogP contribution >= 0.6 is 22.6 Å². The summed E-state index contributed by atoms with van der Waals surface area (Å²) in [7, 11) is 0. The molecule has 94 valence electrons. The zero-order valence-electron chi connectivity index (χ0n) is 10.4. The SMILES string of the molecule is CCN(CC)C1=CC(=O)c2cccc(I)c2C1=O. The number of carbonyl (C=O) groups excluding carboxylic acids is 2. The maximum Gasteiger partial charge on any atom is 0.210 e. The largest absolute Gasteiger partial charge is 0.369 e. The zero-order valence-corrected chi connectivity index (χ0v) is 12.5. The predicted molar refractivity (Wildman–Crippen MR) is 78.8 cm³/mol. The van der Waals surface area contributed by atoms with Gasteiger partial charge in [-0.25, -0.2) is 0 Å². The lowest BCUT2D eigenvalue weighted by molar-refractivity contribution is 0.0952. The second kappa shape index (κ2) is 5.22. The minimum Gasteiger partial charge on any atom is -0.369 e. The second-order valence-corrected chi connectivity index (χ2v) is 5.22. The fraction of sp³-hybridized carbons (Fsp3) is 0.286. The van der Waals surface area contributed by atoms with Crippen LogP contribution in [0, 0.1) is 3.57 Å². The third-order valence-corrected chi connectivity index (χ3v) is 4.01. The molecule has 0 unspecified atom stereocenters. The number of halogens is 1. The number of rotatable bonds is 3. The van der Waals surface area contributed by atoms with E-state index in [9.17, 15) is 9.59 Å². The van der Waals surface area contributed by atoms with Crippen molar-refractivity contribution in [2.24, 2.45) is 0 Å². The van der Waals surface area contributed by atoms with Crippen molar-refractivity contribution in [3.05, 3.63) is 44.7 Å². The highest BCUT2D eigenvalue weighted by molar-refractivity contribution is 14.1. The minimum absolute atomic E-state index is 0.0432. The van der Waals surface area contributed by atoms with Crippen LogP contribution in [0.3, 0.4) is 0 Å². The van der Waals surface area contributed by atoms with Crippen molar-refractivity contribution in [1.29, 1.82) is 0 Å². The number of allylic oxidation sites excluding steroid dienone is 2. The molecule has 0 bridgehead atoms. The monoisotopic (exact) mass is 355 g/mol. The Morgan fingerprint density at radius 1 is 1.17 bits per heavy atom. The van der Waals surface area contributed by atoms with Gasteiger partial charge in [0.15, 0.2) is 5.78 Å². The quantitative estimate of drug-likeness (QED) is 0.783. The van der Waals surface area contributed by atoms with Gasteiger partial charge in [-0.3, -0.25) is 9.59 Å². The standard InChI is InChI=1S/C14H14INO2/c1-3-16(4-2)11-8-12(17)9-6-5-7-10(15)13(9)14(11)18/h5-8H,3-4H2,1-2H3. The van der Waals surface area contributed by atoms with Crippen molar-refractivity contribution in [2.45, 2.75) is 13.8 Å². The van der Waals surface area contributed by atoms with E-state index in [1.54, 1.807) is 6.07 Å². The van der Waals surface area contributed by atoms with Gasteiger partial charge in [0.2, 0.25) is 5.78 Å². The lowest BCUT2D eigenvalue weighted by atomic mass is 9.92.